The van der Waals surface area contributed by atoms with Crippen LogP contribution in [0.2, 0.25) is 0 Å². The number of nitrogens with one attached hydrogen (secondary N) is 2. The second-order valence-corrected chi connectivity index (χ2v) is 13.8. The normalized spacial score (nSPS) is 12.9. The molecule has 0 aliphatic carbocycles. The van der Waals surface area contributed by atoms with E-state index in [2.05, 4.69) is 4.72 Å². The molecular formula is C35H35F3N4O5S3. The van der Waals surface area contributed by atoms with Gasteiger partial charge in [-0.1, -0.05) is 24.3 Å². The average Bonchev–Trinajstić information content (AvgIpc) is 3.54. The van der Waals surface area contributed by atoms with Crippen LogP contribution in [0.5, 0.6) is 17.2 Å². The van der Waals surface area contributed by atoms with Crippen molar-refractivity contribution in [1.82, 2.24) is 9.44 Å². The summed E-state index contributed by atoms with van der Waals surface area (Å²) < 4.78 is 61.6. The first kappa shape index (κ1) is 36.9. The molecule has 2 amide bonds. The summed E-state index contributed by atoms with van der Waals surface area (Å²) in [6.07, 6.45) is 0.511. The maximum absolute atomic E-state index is 14.2. The van der Waals surface area contributed by atoms with Crippen molar-refractivity contribution >= 4 is 59.0 Å². The predicted molar refractivity (Wildman–Crippen MR) is 193 cm³/mol. The van der Waals surface area contributed by atoms with E-state index < -0.39 is 29.4 Å². The fourth-order valence-corrected chi connectivity index (χ4v) is 7.41. The van der Waals surface area contributed by atoms with Gasteiger partial charge in [0, 0.05) is 22.7 Å². The number of anilines is 2. The predicted octanol–water partition coefficient (Wildman–Crippen LogP) is 7.75. The van der Waals surface area contributed by atoms with Crippen molar-refractivity contribution in [2.45, 2.75) is 34.7 Å². The minimum Gasteiger partial charge on any atom is -0.497 e. The molecule has 0 spiro atoms. The van der Waals surface area contributed by atoms with Gasteiger partial charge < -0.3 is 23.4 Å². The van der Waals surface area contributed by atoms with Crippen molar-refractivity contribution in [1.29, 1.82) is 0 Å². The third-order valence-corrected chi connectivity index (χ3v) is 10.2. The van der Waals surface area contributed by atoms with E-state index in [4.69, 9.17) is 14.2 Å². The molecule has 0 saturated heterocycles. The van der Waals surface area contributed by atoms with Gasteiger partial charge >= 0.3 is 5.51 Å². The highest BCUT2D eigenvalue weighted by Crippen LogP contribution is 2.43. The summed E-state index contributed by atoms with van der Waals surface area (Å²) in [7, 11) is 4.68. The lowest BCUT2D eigenvalue weighted by Crippen LogP contribution is -2.37. The quantitative estimate of drug-likeness (QED) is 0.125. The topological polar surface area (TPSA) is 92.4 Å². The number of fused-ring (bicyclic) bond motifs is 1. The zero-order valence-electron chi connectivity index (χ0n) is 27.6. The van der Waals surface area contributed by atoms with E-state index >= 15 is 0 Å². The number of halogens is 3. The Labute approximate surface area is 301 Å². The van der Waals surface area contributed by atoms with Gasteiger partial charge in [0.15, 0.2) is 0 Å². The van der Waals surface area contributed by atoms with Crippen molar-refractivity contribution < 1.29 is 37.0 Å². The number of rotatable bonds is 14. The van der Waals surface area contributed by atoms with Crippen molar-refractivity contribution in [2.75, 3.05) is 43.6 Å². The number of carbonyl (C=O) groups is 2. The molecule has 0 fully saturated rings. The lowest BCUT2D eigenvalue weighted by atomic mass is 10.0. The van der Waals surface area contributed by atoms with E-state index in [1.54, 1.807) is 56.0 Å². The van der Waals surface area contributed by atoms with Crippen LogP contribution >= 0.6 is 35.8 Å². The number of benzene rings is 4. The van der Waals surface area contributed by atoms with Crippen LogP contribution < -0.4 is 32.9 Å². The van der Waals surface area contributed by atoms with Gasteiger partial charge in [0.05, 0.1) is 43.9 Å². The Morgan fingerprint density at radius 2 is 1.64 bits per heavy atom. The summed E-state index contributed by atoms with van der Waals surface area (Å²) in [6, 6.07) is 24.9. The van der Waals surface area contributed by atoms with E-state index in [0.29, 0.717) is 41.5 Å². The zero-order chi connectivity index (χ0) is 35.8. The molecule has 0 bridgehead atoms. The van der Waals surface area contributed by atoms with Gasteiger partial charge in [-0.3, -0.25) is 19.0 Å². The van der Waals surface area contributed by atoms with E-state index in [9.17, 15) is 22.8 Å². The van der Waals surface area contributed by atoms with Crippen LogP contribution in [0.1, 0.15) is 22.7 Å². The molecule has 0 aromatic heterocycles. The Hall–Kier alpha value is -4.34. The smallest absolute Gasteiger partial charge is 0.461 e. The van der Waals surface area contributed by atoms with Gasteiger partial charge in [0.25, 0.3) is 11.8 Å². The minimum absolute atomic E-state index is 0.280. The van der Waals surface area contributed by atoms with Crippen LogP contribution in [-0.4, -0.2) is 51.7 Å². The molecule has 2 N–H and O–H groups in total. The van der Waals surface area contributed by atoms with E-state index in [1.807, 2.05) is 71.1 Å². The first-order valence-electron chi connectivity index (χ1n) is 15.3. The molecule has 1 heterocycles. The molecule has 264 valence electrons. The Bertz CT molecular complexity index is 1810. The molecule has 1 atom stereocenters. The molecule has 0 saturated carbocycles. The van der Waals surface area contributed by atoms with Crippen LogP contribution in [0.3, 0.4) is 0 Å². The molecule has 1 aliphatic heterocycles. The third kappa shape index (κ3) is 9.25. The zero-order valence-corrected chi connectivity index (χ0v) is 30.0. The van der Waals surface area contributed by atoms with Gasteiger partial charge in [-0.25, -0.2) is 0 Å². The monoisotopic (exact) mass is 744 g/mol. The highest BCUT2D eigenvalue weighted by Gasteiger charge is 2.35. The maximum Gasteiger partial charge on any atom is 0.461 e. The number of hydrogen-bond donors (Lipinski definition) is 2. The number of methoxy groups -OCH3 is 3. The van der Waals surface area contributed by atoms with Crippen LogP contribution in [0.15, 0.2) is 94.7 Å². The Balaban J connectivity index is 1.49. The van der Waals surface area contributed by atoms with Gasteiger partial charge in [-0.15, -0.1) is 0 Å². The number of carbonyl (C=O) groups excluding carboxylic acids is 2. The van der Waals surface area contributed by atoms with Crippen LogP contribution in [0.25, 0.3) is 0 Å². The van der Waals surface area contributed by atoms with Gasteiger partial charge in [0.1, 0.15) is 29.8 Å². The summed E-state index contributed by atoms with van der Waals surface area (Å²) in [5.74, 6) is 0.759. The van der Waals surface area contributed by atoms with Crippen molar-refractivity contribution in [3.8, 4) is 17.2 Å². The molecule has 4 aromatic rings. The van der Waals surface area contributed by atoms with Crippen LogP contribution in [0.4, 0.5) is 24.5 Å². The largest absolute Gasteiger partial charge is 0.497 e. The minimum atomic E-state index is -4.63. The van der Waals surface area contributed by atoms with Crippen LogP contribution in [0, 0.1) is 6.92 Å². The Kier molecular flexibility index (Phi) is 12.2. The molecule has 1 unspecified atom stereocenters. The number of aryl methyl sites for hydroxylation is 1. The number of ether oxygens (including phenoxy) is 3. The standard InChI is InChI=1S/C35H35F3N4O5S3/c1-22-11-16-31(30(19-22)47-4)48-40-34(44)33(23-7-5-8-25(20-23)46-3)41-18-17-27-28(41)9-6-10-29(27)42(21-32(43)39-50-35(36,37)38)49-26-14-12-24(45-2)13-15-26/h5-16,19-20,33H,17-18,21H2,1-4H3,(H,39,43)(H,40,44). The fourth-order valence-electron chi connectivity index (χ4n) is 5.46. The summed E-state index contributed by atoms with van der Waals surface area (Å²) in [5.41, 5.74) is -0.665. The van der Waals surface area contributed by atoms with Gasteiger partial charge in [-0.2, -0.15) is 13.2 Å². The van der Waals surface area contributed by atoms with Gasteiger partial charge in [-0.05, 0) is 109 Å². The Morgan fingerprint density at radius 1 is 0.900 bits per heavy atom. The summed E-state index contributed by atoms with van der Waals surface area (Å²) >= 11 is 1.77. The highest BCUT2D eigenvalue weighted by atomic mass is 32.2. The third-order valence-electron chi connectivity index (χ3n) is 7.70. The number of hydrogen-bond acceptors (Lipinski definition) is 10. The second kappa shape index (κ2) is 16.6. The molecule has 4 aromatic carbocycles. The fraction of sp³-hybridized carbons (Fsp3) is 0.257. The molecule has 50 heavy (non-hydrogen) atoms. The van der Waals surface area contributed by atoms with Crippen molar-refractivity contribution in [3.63, 3.8) is 0 Å². The molecule has 15 heteroatoms. The molecule has 0 radical (unpaired) electrons. The molecule has 5 rings (SSSR count). The van der Waals surface area contributed by atoms with Crippen LogP contribution in [-0.2, 0) is 16.0 Å². The summed E-state index contributed by atoms with van der Waals surface area (Å²) in [6.45, 7) is 2.04. The number of amides is 2. The lowest BCUT2D eigenvalue weighted by molar-refractivity contribution is -0.120. The molecular weight excluding hydrogens is 710 g/mol. The SMILES string of the molecule is COc1ccc(SN(CC(=O)NSC(F)(F)F)c2cccc3c2CCN3C(C(=O)NSc2ccc(C)cc2OC)c2cccc(OC)c2)cc1. The maximum atomic E-state index is 14.2. The Morgan fingerprint density at radius 3 is 2.34 bits per heavy atom. The van der Waals surface area contributed by atoms with E-state index in [-0.39, 0.29) is 12.5 Å². The van der Waals surface area contributed by atoms with Gasteiger partial charge in [0.2, 0.25) is 0 Å². The van der Waals surface area contributed by atoms with Crippen molar-refractivity contribution in [3.05, 3.63) is 102 Å². The highest BCUT2D eigenvalue weighted by molar-refractivity contribution is 8.00. The number of nitrogens with zero attached hydrogens (tertiary/aromatic N) is 2. The van der Waals surface area contributed by atoms with E-state index in [1.165, 1.54) is 11.9 Å². The second-order valence-electron chi connectivity index (χ2n) is 11.0. The first-order chi connectivity index (χ1) is 24.0. The molecule has 1 aliphatic rings. The summed E-state index contributed by atoms with van der Waals surface area (Å²) in [4.78, 5) is 30.5. The molecule has 9 nitrogen and oxygen atoms in total. The number of alkyl halides is 3. The summed E-state index contributed by atoms with van der Waals surface area (Å²) in [5, 5.41) is 0. The first-order valence-corrected chi connectivity index (χ1v) is 17.7. The van der Waals surface area contributed by atoms with E-state index in [0.717, 1.165) is 38.6 Å². The average molecular weight is 745 g/mol. The van der Waals surface area contributed by atoms with Crippen molar-refractivity contribution in [2.24, 2.45) is 0 Å². The lowest BCUT2D eigenvalue weighted by Gasteiger charge is -2.31.